The summed E-state index contributed by atoms with van der Waals surface area (Å²) in [6.07, 6.45) is 7.26. The van der Waals surface area contributed by atoms with E-state index in [1.807, 2.05) is 6.07 Å². The van der Waals surface area contributed by atoms with E-state index in [0.717, 1.165) is 56.0 Å². The van der Waals surface area contributed by atoms with E-state index in [0.29, 0.717) is 0 Å². The molecular formula is C16H25ClN2O2. The van der Waals surface area contributed by atoms with Gasteiger partial charge in [-0.15, -0.1) is 0 Å². The molecule has 5 heteroatoms. The fourth-order valence-electron chi connectivity index (χ4n) is 2.96. The predicted molar refractivity (Wildman–Crippen MR) is 84.8 cm³/mol. The molecule has 0 bridgehead atoms. The predicted octanol–water partition coefficient (Wildman–Crippen LogP) is 2.84. The van der Waals surface area contributed by atoms with Crippen LogP contribution >= 0.6 is 11.6 Å². The van der Waals surface area contributed by atoms with E-state index in [4.69, 9.17) is 21.1 Å². The van der Waals surface area contributed by atoms with Gasteiger partial charge in [-0.05, 0) is 31.0 Å². The third-order valence-electron chi connectivity index (χ3n) is 4.30. The highest BCUT2D eigenvalue weighted by atomic mass is 35.5. The van der Waals surface area contributed by atoms with E-state index in [9.17, 15) is 0 Å². The van der Waals surface area contributed by atoms with E-state index < -0.39 is 0 Å². The molecule has 0 aliphatic carbocycles. The van der Waals surface area contributed by atoms with Crippen LogP contribution in [0.25, 0.3) is 0 Å². The quantitative estimate of drug-likeness (QED) is 0.841. The fourth-order valence-corrected chi connectivity index (χ4v) is 3.16. The highest BCUT2D eigenvalue weighted by Crippen LogP contribution is 2.31. The molecule has 1 saturated heterocycles. The number of halogens is 1. The smallest absolute Gasteiger partial charge is 0.0877 e. The Bertz CT molecular complexity index is 436. The van der Waals surface area contributed by atoms with Crippen molar-refractivity contribution in [1.82, 2.24) is 10.3 Å². The number of hydrogen-bond acceptors (Lipinski definition) is 4. The van der Waals surface area contributed by atoms with E-state index in [1.165, 1.54) is 0 Å². The summed E-state index contributed by atoms with van der Waals surface area (Å²) in [5, 5.41) is 4.37. The third kappa shape index (κ3) is 4.16. The lowest BCUT2D eigenvalue weighted by molar-refractivity contribution is -0.110. The van der Waals surface area contributed by atoms with Crippen molar-refractivity contribution >= 4 is 11.6 Å². The first-order valence-electron chi connectivity index (χ1n) is 7.66. The summed E-state index contributed by atoms with van der Waals surface area (Å²) in [5.41, 5.74) is 0.934. The molecule has 1 aliphatic rings. The Hall–Kier alpha value is -0.680. The molecule has 0 saturated carbocycles. The SMILES string of the molecule is CCCNC(Cc1ccncc1Cl)C1(OC)CCOCC1. The molecule has 1 atom stereocenters. The van der Waals surface area contributed by atoms with E-state index in [1.54, 1.807) is 19.5 Å². The Labute approximate surface area is 132 Å². The molecular weight excluding hydrogens is 288 g/mol. The summed E-state index contributed by atoms with van der Waals surface area (Å²) in [7, 11) is 1.81. The summed E-state index contributed by atoms with van der Waals surface area (Å²) < 4.78 is 11.5. The van der Waals surface area contributed by atoms with Gasteiger partial charge in [0, 0.05) is 51.6 Å². The Balaban J connectivity index is 2.18. The van der Waals surface area contributed by atoms with Crippen LogP contribution in [0, 0.1) is 0 Å². The number of aromatic nitrogens is 1. The second-order valence-corrected chi connectivity index (χ2v) is 5.97. The zero-order chi connectivity index (χ0) is 15.1. The number of rotatable bonds is 7. The van der Waals surface area contributed by atoms with Gasteiger partial charge in [0.05, 0.1) is 10.6 Å². The molecule has 2 heterocycles. The largest absolute Gasteiger partial charge is 0.381 e. The standard InChI is InChI=1S/C16H25ClN2O2/c1-3-7-19-15(11-13-4-8-18-12-14(13)17)16(20-2)5-9-21-10-6-16/h4,8,12,15,19H,3,5-7,9-11H2,1-2H3. The van der Waals surface area contributed by atoms with Crippen molar-refractivity contribution < 1.29 is 9.47 Å². The van der Waals surface area contributed by atoms with Crippen molar-refractivity contribution in [3.05, 3.63) is 29.0 Å². The summed E-state index contributed by atoms with van der Waals surface area (Å²) in [6.45, 7) is 4.65. The van der Waals surface area contributed by atoms with Crippen LogP contribution in [-0.4, -0.2) is 43.5 Å². The van der Waals surface area contributed by atoms with Gasteiger partial charge in [0.2, 0.25) is 0 Å². The fraction of sp³-hybridized carbons (Fsp3) is 0.688. The van der Waals surface area contributed by atoms with Crippen LogP contribution in [0.15, 0.2) is 18.5 Å². The minimum atomic E-state index is -0.181. The van der Waals surface area contributed by atoms with Crippen LogP contribution in [0.4, 0.5) is 0 Å². The van der Waals surface area contributed by atoms with Gasteiger partial charge in [0.1, 0.15) is 0 Å². The lowest BCUT2D eigenvalue weighted by Crippen LogP contribution is -2.56. The molecule has 0 amide bonds. The summed E-state index contributed by atoms with van der Waals surface area (Å²) in [5.74, 6) is 0. The number of nitrogens with zero attached hydrogens (tertiary/aromatic N) is 1. The monoisotopic (exact) mass is 312 g/mol. The van der Waals surface area contributed by atoms with Crippen LogP contribution in [0.5, 0.6) is 0 Å². The molecule has 1 fully saturated rings. The average Bonchev–Trinajstić information content (AvgIpc) is 2.53. The van der Waals surface area contributed by atoms with E-state index >= 15 is 0 Å². The van der Waals surface area contributed by atoms with Gasteiger partial charge in [-0.1, -0.05) is 18.5 Å². The minimum absolute atomic E-state index is 0.181. The molecule has 1 aliphatic heterocycles. The molecule has 0 spiro atoms. The molecule has 4 nitrogen and oxygen atoms in total. The Morgan fingerprint density at radius 2 is 2.24 bits per heavy atom. The maximum atomic E-state index is 6.27. The first-order chi connectivity index (χ1) is 10.2. The molecule has 1 N–H and O–H groups in total. The highest BCUT2D eigenvalue weighted by Gasteiger charge is 2.40. The molecule has 1 aromatic rings. The lowest BCUT2D eigenvalue weighted by Gasteiger charge is -2.43. The summed E-state index contributed by atoms with van der Waals surface area (Å²) in [4.78, 5) is 4.06. The highest BCUT2D eigenvalue weighted by molar-refractivity contribution is 6.31. The molecule has 0 aromatic carbocycles. The van der Waals surface area contributed by atoms with Gasteiger partial charge in [0.25, 0.3) is 0 Å². The number of pyridine rings is 1. The first-order valence-corrected chi connectivity index (χ1v) is 8.04. The van der Waals surface area contributed by atoms with Gasteiger partial charge in [-0.2, -0.15) is 0 Å². The van der Waals surface area contributed by atoms with Gasteiger partial charge < -0.3 is 14.8 Å². The molecule has 2 rings (SSSR count). The molecule has 0 radical (unpaired) electrons. The van der Waals surface area contributed by atoms with Crippen LogP contribution in [0.1, 0.15) is 31.7 Å². The zero-order valence-corrected chi connectivity index (χ0v) is 13.7. The second kappa shape index (κ2) is 8.08. The van der Waals surface area contributed by atoms with E-state index in [2.05, 4.69) is 17.2 Å². The van der Waals surface area contributed by atoms with Gasteiger partial charge in [-0.25, -0.2) is 0 Å². The number of ether oxygens (including phenoxy) is 2. The van der Waals surface area contributed by atoms with Crippen LogP contribution < -0.4 is 5.32 Å². The maximum Gasteiger partial charge on any atom is 0.0877 e. The van der Waals surface area contributed by atoms with Crippen molar-refractivity contribution in [3.63, 3.8) is 0 Å². The summed E-state index contributed by atoms with van der Waals surface area (Å²) in [6, 6.07) is 2.22. The van der Waals surface area contributed by atoms with Gasteiger partial charge >= 0.3 is 0 Å². The lowest BCUT2D eigenvalue weighted by atomic mass is 9.82. The first kappa shape index (κ1) is 16.7. The van der Waals surface area contributed by atoms with Crippen molar-refractivity contribution in [2.75, 3.05) is 26.9 Å². The topological polar surface area (TPSA) is 43.4 Å². The van der Waals surface area contributed by atoms with Crippen LogP contribution in [-0.2, 0) is 15.9 Å². The van der Waals surface area contributed by atoms with Crippen LogP contribution in [0.2, 0.25) is 5.02 Å². The molecule has 1 unspecified atom stereocenters. The number of hydrogen-bond donors (Lipinski definition) is 1. The van der Waals surface area contributed by atoms with Gasteiger partial charge in [-0.3, -0.25) is 4.98 Å². The molecule has 118 valence electrons. The summed E-state index contributed by atoms with van der Waals surface area (Å²) >= 11 is 6.27. The zero-order valence-electron chi connectivity index (χ0n) is 12.9. The van der Waals surface area contributed by atoms with Crippen molar-refractivity contribution in [2.24, 2.45) is 0 Å². The minimum Gasteiger partial charge on any atom is -0.381 e. The molecule has 21 heavy (non-hydrogen) atoms. The van der Waals surface area contributed by atoms with Crippen molar-refractivity contribution in [3.8, 4) is 0 Å². The van der Waals surface area contributed by atoms with Crippen molar-refractivity contribution in [1.29, 1.82) is 0 Å². The van der Waals surface area contributed by atoms with Crippen molar-refractivity contribution in [2.45, 2.75) is 44.2 Å². The number of methoxy groups -OCH3 is 1. The molecule has 1 aromatic heterocycles. The van der Waals surface area contributed by atoms with Gasteiger partial charge in [0.15, 0.2) is 0 Å². The number of nitrogens with one attached hydrogen (secondary N) is 1. The Morgan fingerprint density at radius 1 is 1.48 bits per heavy atom. The second-order valence-electron chi connectivity index (χ2n) is 5.56. The Morgan fingerprint density at radius 3 is 2.86 bits per heavy atom. The Kier molecular flexibility index (Phi) is 6.42. The van der Waals surface area contributed by atoms with Crippen LogP contribution in [0.3, 0.4) is 0 Å². The normalized spacial score (nSPS) is 19.4. The third-order valence-corrected chi connectivity index (χ3v) is 4.64. The maximum absolute atomic E-state index is 6.27. The average molecular weight is 313 g/mol. The van der Waals surface area contributed by atoms with E-state index in [-0.39, 0.29) is 11.6 Å².